The summed E-state index contributed by atoms with van der Waals surface area (Å²) in [4.78, 5) is 6.41. The quantitative estimate of drug-likeness (QED) is 0.764. The average molecular weight is 306 g/mol. The Labute approximate surface area is 137 Å². The van der Waals surface area contributed by atoms with Crippen LogP contribution in [0.25, 0.3) is 22.4 Å². The van der Waals surface area contributed by atoms with Crippen molar-refractivity contribution in [1.29, 1.82) is 0 Å². The topological polar surface area (TPSA) is 44.8 Å². The van der Waals surface area contributed by atoms with Crippen molar-refractivity contribution in [2.75, 3.05) is 18.0 Å². The first-order valence-corrected chi connectivity index (χ1v) is 8.05. The molecule has 0 radical (unpaired) electrons. The summed E-state index contributed by atoms with van der Waals surface area (Å²) in [5, 5.41) is 7.87. The molecule has 0 atom stereocenters. The summed E-state index contributed by atoms with van der Waals surface area (Å²) in [5.74, 6) is 0.998. The molecule has 0 saturated heterocycles. The summed E-state index contributed by atoms with van der Waals surface area (Å²) >= 11 is 0. The minimum Gasteiger partial charge on any atom is -0.355 e. The van der Waals surface area contributed by atoms with Gasteiger partial charge in [-0.05, 0) is 44.5 Å². The third kappa shape index (κ3) is 2.97. The van der Waals surface area contributed by atoms with Crippen LogP contribution >= 0.6 is 0 Å². The van der Waals surface area contributed by atoms with Crippen LogP contribution in [-0.4, -0.2) is 28.3 Å². The van der Waals surface area contributed by atoms with Crippen molar-refractivity contribution in [3.8, 4) is 22.4 Å². The van der Waals surface area contributed by atoms with E-state index in [0.29, 0.717) is 0 Å². The number of hydrogen-bond donors (Lipinski definition) is 1. The normalized spacial score (nSPS) is 10.7. The molecule has 0 spiro atoms. The second-order valence-electron chi connectivity index (χ2n) is 5.57. The van der Waals surface area contributed by atoms with Gasteiger partial charge < -0.3 is 4.90 Å². The molecule has 0 bridgehead atoms. The minimum atomic E-state index is 0.923. The highest BCUT2D eigenvalue weighted by atomic mass is 15.3. The molecule has 0 saturated carbocycles. The van der Waals surface area contributed by atoms with Crippen LogP contribution < -0.4 is 4.90 Å². The second-order valence-corrected chi connectivity index (χ2v) is 5.57. The summed E-state index contributed by atoms with van der Waals surface area (Å²) < 4.78 is 0. The van der Waals surface area contributed by atoms with Gasteiger partial charge in [-0.1, -0.05) is 23.8 Å². The summed E-state index contributed by atoms with van der Waals surface area (Å²) in [6.45, 7) is 8.26. The number of H-pyrrole nitrogens is 1. The lowest BCUT2D eigenvalue weighted by Gasteiger charge is -2.20. The molecule has 4 heteroatoms. The predicted octanol–water partition coefficient (Wildman–Crippen LogP) is 4.29. The Hall–Kier alpha value is -2.62. The monoisotopic (exact) mass is 306 g/mol. The van der Waals surface area contributed by atoms with E-state index in [2.05, 4.69) is 65.1 Å². The number of pyridine rings is 1. The number of aromatic nitrogens is 3. The maximum absolute atomic E-state index is 4.62. The Morgan fingerprint density at radius 3 is 2.39 bits per heavy atom. The van der Waals surface area contributed by atoms with Gasteiger partial charge in [0, 0.05) is 31.0 Å². The van der Waals surface area contributed by atoms with Crippen molar-refractivity contribution in [2.45, 2.75) is 20.8 Å². The van der Waals surface area contributed by atoms with E-state index < -0.39 is 0 Å². The van der Waals surface area contributed by atoms with Gasteiger partial charge in [0.2, 0.25) is 0 Å². The van der Waals surface area contributed by atoms with Gasteiger partial charge in [-0.15, -0.1) is 0 Å². The van der Waals surface area contributed by atoms with Crippen molar-refractivity contribution in [3.63, 3.8) is 0 Å². The third-order valence-electron chi connectivity index (χ3n) is 4.09. The lowest BCUT2D eigenvalue weighted by atomic mass is 10.00. The van der Waals surface area contributed by atoms with Gasteiger partial charge in [0.15, 0.2) is 5.82 Å². The zero-order valence-corrected chi connectivity index (χ0v) is 13.9. The van der Waals surface area contributed by atoms with E-state index in [9.17, 15) is 0 Å². The van der Waals surface area contributed by atoms with E-state index in [-0.39, 0.29) is 0 Å². The molecule has 0 unspecified atom stereocenters. The maximum atomic E-state index is 4.62. The molecule has 0 aliphatic rings. The van der Waals surface area contributed by atoms with Crippen molar-refractivity contribution in [2.24, 2.45) is 0 Å². The molecule has 4 nitrogen and oxygen atoms in total. The van der Waals surface area contributed by atoms with Crippen LogP contribution in [0.5, 0.6) is 0 Å². The van der Waals surface area contributed by atoms with Crippen LogP contribution in [0.3, 0.4) is 0 Å². The summed E-state index contributed by atoms with van der Waals surface area (Å²) in [5.41, 5.74) is 5.72. The Bertz CT molecular complexity index is 773. The molecule has 0 aliphatic carbocycles. The van der Waals surface area contributed by atoms with Crippen LogP contribution in [0.15, 0.2) is 48.8 Å². The number of nitrogens with one attached hydrogen (secondary N) is 1. The van der Waals surface area contributed by atoms with Crippen LogP contribution in [-0.2, 0) is 0 Å². The first-order chi connectivity index (χ1) is 11.2. The first kappa shape index (κ1) is 15.3. The standard InChI is InChI=1S/C19H22N4/c1-4-23(5-2)19-17(15-9-11-20-12-10-15)18(21-22-19)16-8-6-7-14(3)13-16/h6-13H,4-5H2,1-3H3,(H,21,22). The Kier molecular flexibility index (Phi) is 4.42. The number of anilines is 1. The zero-order valence-electron chi connectivity index (χ0n) is 13.9. The van der Waals surface area contributed by atoms with Gasteiger partial charge in [0.25, 0.3) is 0 Å². The van der Waals surface area contributed by atoms with Crippen LogP contribution in [0.4, 0.5) is 5.82 Å². The Morgan fingerprint density at radius 1 is 1.00 bits per heavy atom. The first-order valence-electron chi connectivity index (χ1n) is 8.05. The fourth-order valence-corrected chi connectivity index (χ4v) is 2.89. The van der Waals surface area contributed by atoms with Crippen molar-refractivity contribution in [3.05, 3.63) is 54.4 Å². The van der Waals surface area contributed by atoms with Gasteiger partial charge in [-0.25, -0.2) is 0 Å². The molecule has 3 rings (SSSR count). The van der Waals surface area contributed by atoms with E-state index in [1.165, 1.54) is 5.56 Å². The average Bonchev–Trinajstić information content (AvgIpc) is 3.02. The molecule has 2 aromatic heterocycles. The second kappa shape index (κ2) is 6.65. The van der Waals surface area contributed by atoms with E-state index in [1.807, 2.05) is 24.5 Å². The Balaban J connectivity index is 2.21. The number of hydrogen-bond acceptors (Lipinski definition) is 3. The summed E-state index contributed by atoms with van der Waals surface area (Å²) in [7, 11) is 0. The van der Waals surface area contributed by atoms with Crippen LogP contribution in [0.1, 0.15) is 19.4 Å². The summed E-state index contributed by atoms with van der Waals surface area (Å²) in [6.07, 6.45) is 3.66. The maximum Gasteiger partial charge on any atom is 0.158 e. The third-order valence-corrected chi connectivity index (χ3v) is 4.09. The van der Waals surface area contributed by atoms with Crippen molar-refractivity contribution >= 4 is 5.82 Å². The smallest absolute Gasteiger partial charge is 0.158 e. The number of benzene rings is 1. The number of rotatable bonds is 5. The predicted molar refractivity (Wildman–Crippen MR) is 95.6 cm³/mol. The van der Waals surface area contributed by atoms with Crippen molar-refractivity contribution < 1.29 is 0 Å². The fraction of sp³-hybridized carbons (Fsp3) is 0.263. The highest BCUT2D eigenvalue weighted by Gasteiger charge is 2.19. The van der Waals surface area contributed by atoms with Gasteiger partial charge in [-0.3, -0.25) is 10.1 Å². The molecule has 1 aromatic carbocycles. The molecule has 118 valence electrons. The lowest BCUT2D eigenvalue weighted by molar-refractivity contribution is 0.840. The molecule has 0 fully saturated rings. The molecule has 0 amide bonds. The number of nitrogens with zero attached hydrogens (tertiary/aromatic N) is 3. The van der Waals surface area contributed by atoms with Crippen molar-refractivity contribution in [1.82, 2.24) is 15.2 Å². The Morgan fingerprint density at radius 2 is 1.74 bits per heavy atom. The van der Waals surface area contributed by atoms with E-state index in [4.69, 9.17) is 0 Å². The largest absolute Gasteiger partial charge is 0.355 e. The van der Waals surface area contributed by atoms with E-state index in [1.54, 1.807) is 0 Å². The van der Waals surface area contributed by atoms with Gasteiger partial charge in [-0.2, -0.15) is 5.10 Å². The van der Waals surface area contributed by atoms with Gasteiger partial charge in [0.1, 0.15) is 0 Å². The zero-order chi connectivity index (χ0) is 16.2. The molecule has 23 heavy (non-hydrogen) atoms. The van der Waals surface area contributed by atoms with Crippen LogP contribution in [0, 0.1) is 6.92 Å². The van der Waals surface area contributed by atoms with Gasteiger partial charge >= 0.3 is 0 Å². The SMILES string of the molecule is CCN(CC)c1n[nH]c(-c2cccc(C)c2)c1-c1ccncc1. The van der Waals surface area contributed by atoms with Gasteiger partial charge in [0.05, 0.1) is 11.3 Å². The molecule has 2 heterocycles. The highest BCUT2D eigenvalue weighted by molar-refractivity contribution is 5.89. The molecule has 1 N–H and O–H groups in total. The molecular weight excluding hydrogens is 284 g/mol. The van der Waals surface area contributed by atoms with Crippen LogP contribution in [0.2, 0.25) is 0 Å². The molecule has 3 aromatic rings. The fourth-order valence-electron chi connectivity index (χ4n) is 2.89. The highest BCUT2D eigenvalue weighted by Crippen LogP contribution is 2.37. The van der Waals surface area contributed by atoms with E-state index >= 15 is 0 Å². The number of aryl methyl sites for hydroxylation is 1. The lowest BCUT2D eigenvalue weighted by Crippen LogP contribution is -2.22. The molecular formula is C19H22N4. The molecule has 0 aliphatic heterocycles. The minimum absolute atomic E-state index is 0.923. The summed E-state index contributed by atoms with van der Waals surface area (Å²) in [6, 6.07) is 12.6. The van der Waals surface area contributed by atoms with E-state index in [0.717, 1.165) is 41.3 Å². The number of aromatic amines is 1.